The molecule has 0 fully saturated rings. The smallest absolute Gasteiger partial charge is 0.274 e. The predicted octanol–water partition coefficient (Wildman–Crippen LogP) is 2.17. The summed E-state index contributed by atoms with van der Waals surface area (Å²) >= 11 is 0. The number of rotatable bonds is 5. The third-order valence-corrected chi connectivity index (χ3v) is 4.29. The van der Waals surface area contributed by atoms with Crippen molar-refractivity contribution in [2.24, 2.45) is 0 Å². The summed E-state index contributed by atoms with van der Waals surface area (Å²) in [5.74, 6) is 2.21. The monoisotopic (exact) mass is 380 g/mol. The first kappa shape index (κ1) is 17.2. The number of hydrogen-bond acceptors (Lipinski definition) is 5. The lowest BCUT2D eigenvalue weighted by Gasteiger charge is -2.08. The Bertz CT molecular complexity index is 1150. The molecule has 2 heterocycles. The number of benzene rings is 2. The van der Waals surface area contributed by atoms with Crippen molar-refractivity contribution in [1.82, 2.24) is 19.6 Å². The highest BCUT2D eigenvalue weighted by Gasteiger charge is 2.10. The van der Waals surface area contributed by atoms with Gasteiger partial charge in [0.1, 0.15) is 18.1 Å². The minimum Gasteiger partial charge on any atom is -0.497 e. The van der Waals surface area contributed by atoms with Crippen LogP contribution in [-0.4, -0.2) is 26.7 Å². The Morgan fingerprint density at radius 1 is 1.07 bits per heavy atom. The van der Waals surface area contributed by atoms with Gasteiger partial charge < -0.3 is 9.47 Å². The summed E-state index contributed by atoms with van der Waals surface area (Å²) in [6.07, 6.45) is 0. The summed E-state index contributed by atoms with van der Waals surface area (Å²) in [6.45, 7) is 0.149. The van der Waals surface area contributed by atoms with Gasteiger partial charge in [0.25, 0.3) is 11.3 Å². The molecule has 0 saturated carbocycles. The summed E-state index contributed by atoms with van der Waals surface area (Å²) in [7, 11) is 4.20. The zero-order chi connectivity index (χ0) is 18.8. The molecule has 0 radical (unpaired) electrons. The number of ether oxygens (including phenoxy) is 2. The molecule has 0 bridgehead atoms. The summed E-state index contributed by atoms with van der Waals surface area (Å²) in [4.78, 5) is 21.2. The van der Waals surface area contributed by atoms with Crippen LogP contribution >= 0.6 is 9.24 Å². The molecule has 4 aromatic rings. The van der Waals surface area contributed by atoms with Crippen molar-refractivity contribution in [3.8, 4) is 22.9 Å². The molecule has 136 valence electrons. The predicted molar refractivity (Wildman–Crippen MR) is 106 cm³/mol. The number of hydrogen-bond donors (Lipinski definition) is 1. The number of aromatic amines is 1. The molecule has 4 rings (SSSR count). The average Bonchev–Trinajstić information content (AvgIpc) is 3.11. The molecule has 8 heteroatoms. The quantitative estimate of drug-likeness (QED) is 0.537. The molecule has 7 nitrogen and oxygen atoms in total. The molecule has 1 atom stereocenters. The van der Waals surface area contributed by atoms with E-state index in [1.165, 1.54) is 10.6 Å². The zero-order valence-electron chi connectivity index (χ0n) is 14.5. The molecule has 0 spiro atoms. The number of nitrogens with one attached hydrogen (secondary N) is 1. The topological polar surface area (TPSA) is 81.5 Å². The molecule has 0 aliphatic rings. The van der Waals surface area contributed by atoms with E-state index in [-0.39, 0.29) is 12.2 Å². The van der Waals surface area contributed by atoms with Crippen LogP contribution < -0.4 is 20.3 Å². The second kappa shape index (κ2) is 7.21. The third kappa shape index (κ3) is 3.68. The maximum absolute atomic E-state index is 12.4. The largest absolute Gasteiger partial charge is 0.497 e. The van der Waals surface area contributed by atoms with Crippen LogP contribution in [0.15, 0.2) is 59.4 Å². The van der Waals surface area contributed by atoms with Crippen molar-refractivity contribution in [2.75, 3.05) is 7.11 Å². The van der Waals surface area contributed by atoms with Crippen molar-refractivity contribution >= 4 is 20.3 Å². The lowest BCUT2D eigenvalue weighted by atomic mass is 10.2. The zero-order valence-corrected chi connectivity index (χ0v) is 15.7. The Morgan fingerprint density at radius 2 is 1.85 bits per heavy atom. The van der Waals surface area contributed by atoms with Gasteiger partial charge in [-0.25, -0.2) is 4.98 Å². The number of aromatic nitrogens is 4. The fourth-order valence-electron chi connectivity index (χ4n) is 2.68. The van der Waals surface area contributed by atoms with Gasteiger partial charge in [-0.3, -0.25) is 9.89 Å². The molecule has 0 aliphatic heterocycles. The molecule has 0 amide bonds. The van der Waals surface area contributed by atoms with Crippen LogP contribution in [0.5, 0.6) is 11.5 Å². The molecular weight excluding hydrogens is 363 g/mol. The first-order valence-electron chi connectivity index (χ1n) is 8.24. The van der Waals surface area contributed by atoms with E-state index in [4.69, 9.17) is 9.47 Å². The van der Waals surface area contributed by atoms with Crippen LogP contribution in [0.3, 0.4) is 0 Å². The van der Waals surface area contributed by atoms with Crippen LogP contribution in [-0.2, 0) is 6.61 Å². The number of H-pyrrole nitrogens is 1. The van der Waals surface area contributed by atoms with Crippen LogP contribution in [0.1, 0.15) is 5.69 Å². The van der Waals surface area contributed by atoms with E-state index < -0.39 is 0 Å². The first-order chi connectivity index (χ1) is 13.1. The molecular formula is C19H17N4O3P. The number of fused-ring (bicyclic) bond motifs is 1. The molecule has 0 saturated heterocycles. The first-order valence-corrected chi connectivity index (χ1v) is 8.81. The minimum atomic E-state index is -0.245. The fourth-order valence-corrected chi connectivity index (χ4v) is 3.01. The van der Waals surface area contributed by atoms with Crippen LogP contribution in [0.4, 0.5) is 0 Å². The van der Waals surface area contributed by atoms with Gasteiger partial charge in [0, 0.05) is 17.7 Å². The second-order valence-electron chi connectivity index (χ2n) is 5.89. The molecule has 0 aliphatic carbocycles. The highest BCUT2D eigenvalue weighted by Crippen LogP contribution is 2.20. The maximum atomic E-state index is 12.4. The molecule has 27 heavy (non-hydrogen) atoms. The van der Waals surface area contributed by atoms with Crippen molar-refractivity contribution in [3.05, 3.63) is 70.6 Å². The van der Waals surface area contributed by atoms with Crippen LogP contribution in [0.25, 0.3) is 17.2 Å². The fraction of sp³-hybridized carbons (Fsp3) is 0.105. The van der Waals surface area contributed by atoms with E-state index >= 15 is 0 Å². The maximum Gasteiger partial charge on any atom is 0.274 e. The van der Waals surface area contributed by atoms with E-state index in [0.29, 0.717) is 28.8 Å². The van der Waals surface area contributed by atoms with Gasteiger partial charge in [0.15, 0.2) is 5.82 Å². The van der Waals surface area contributed by atoms with Crippen molar-refractivity contribution in [3.63, 3.8) is 0 Å². The number of methoxy groups -OCH3 is 1. The lowest BCUT2D eigenvalue weighted by Crippen LogP contribution is -2.16. The Hall–Kier alpha value is -3.18. The Labute approximate surface area is 157 Å². The van der Waals surface area contributed by atoms with Crippen LogP contribution in [0.2, 0.25) is 0 Å². The van der Waals surface area contributed by atoms with Crippen molar-refractivity contribution in [1.29, 1.82) is 0 Å². The lowest BCUT2D eigenvalue weighted by molar-refractivity contribution is 0.299. The Kier molecular flexibility index (Phi) is 4.60. The molecule has 2 aromatic carbocycles. The van der Waals surface area contributed by atoms with Gasteiger partial charge in [-0.05, 0) is 17.4 Å². The average molecular weight is 380 g/mol. The molecule has 2 aromatic heterocycles. The highest BCUT2D eigenvalue weighted by molar-refractivity contribution is 7.27. The Balaban J connectivity index is 1.61. The number of nitrogens with zero attached hydrogens (tertiary/aromatic N) is 3. The summed E-state index contributed by atoms with van der Waals surface area (Å²) in [6, 6.07) is 16.5. The van der Waals surface area contributed by atoms with Crippen LogP contribution in [0, 0.1) is 0 Å². The van der Waals surface area contributed by atoms with E-state index in [1.807, 2.05) is 42.5 Å². The van der Waals surface area contributed by atoms with Gasteiger partial charge in [-0.1, -0.05) is 30.3 Å². The van der Waals surface area contributed by atoms with Gasteiger partial charge >= 0.3 is 0 Å². The van der Waals surface area contributed by atoms with E-state index in [1.54, 1.807) is 13.2 Å². The van der Waals surface area contributed by atoms with Gasteiger partial charge in [0.05, 0.1) is 12.8 Å². The SMILES string of the molecule is COc1cc(P)cc(OCc2cc(=O)n3[nH]c(-c4ccccc4)nc3n2)c1. The van der Waals surface area contributed by atoms with E-state index in [0.717, 1.165) is 10.9 Å². The molecule has 1 N–H and O–H groups in total. The third-order valence-electron chi connectivity index (χ3n) is 3.96. The summed E-state index contributed by atoms with van der Waals surface area (Å²) in [5.41, 5.74) is 1.13. The van der Waals surface area contributed by atoms with Gasteiger partial charge in [0.2, 0.25) is 0 Å². The van der Waals surface area contributed by atoms with Crippen molar-refractivity contribution in [2.45, 2.75) is 6.61 Å². The summed E-state index contributed by atoms with van der Waals surface area (Å²) < 4.78 is 12.3. The standard InChI is InChI=1S/C19H17N4O3P/c1-25-14-8-15(10-16(27)9-14)26-11-13-7-17(24)23-19(20-13)21-18(22-23)12-5-3-2-4-6-12/h2-10H,11,27H2,1H3,(H,20,21,22). The minimum absolute atomic E-state index is 0.149. The highest BCUT2D eigenvalue weighted by atomic mass is 31.0. The Morgan fingerprint density at radius 3 is 2.63 bits per heavy atom. The van der Waals surface area contributed by atoms with Gasteiger partial charge in [-0.2, -0.15) is 9.50 Å². The van der Waals surface area contributed by atoms with Crippen molar-refractivity contribution < 1.29 is 9.47 Å². The second-order valence-corrected chi connectivity index (χ2v) is 6.56. The molecule has 1 unspecified atom stereocenters. The van der Waals surface area contributed by atoms with E-state index in [2.05, 4.69) is 24.3 Å². The normalized spacial score (nSPS) is 10.9. The summed E-state index contributed by atoms with van der Waals surface area (Å²) in [5, 5.41) is 3.91. The van der Waals surface area contributed by atoms with Gasteiger partial charge in [-0.15, -0.1) is 9.24 Å². The van der Waals surface area contributed by atoms with E-state index in [9.17, 15) is 4.79 Å².